The zero-order chi connectivity index (χ0) is 19.2. The number of nitrogens with zero attached hydrogens (tertiary/aromatic N) is 3. The van der Waals surface area contributed by atoms with Gasteiger partial charge >= 0.3 is 0 Å². The number of amides is 1. The SMILES string of the molecule is CCN(C(=O)c1cccc(F)c1)c1ccnc(N[C@@H](C)c2ccccc2)n1. The second kappa shape index (κ2) is 8.40. The Morgan fingerprint density at radius 1 is 1.15 bits per heavy atom. The Bertz CT molecular complexity index is 917. The third kappa shape index (κ3) is 4.47. The monoisotopic (exact) mass is 364 g/mol. The Morgan fingerprint density at radius 3 is 2.63 bits per heavy atom. The summed E-state index contributed by atoms with van der Waals surface area (Å²) in [6.45, 7) is 4.26. The van der Waals surface area contributed by atoms with Crippen molar-refractivity contribution in [3.05, 3.63) is 83.8 Å². The highest BCUT2D eigenvalue weighted by atomic mass is 19.1. The van der Waals surface area contributed by atoms with Crippen molar-refractivity contribution in [2.45, 2.75) is 19.9 Å². The predicted octanol–water partition coefficient (Wildman–Crippen LogP) is 4.46. The second-order valence-electron chi connectivity index (χ2n) is 6.07. The minimum atomic E-state index is -0.446. The number of hydrogen-bond acceptors (Lipinski definition) is 4. The fraction of sp³-hybridized carbons (Fsp3) is 0.190. The fourth-order valence-corrected chi connectivity index (χ4v) is 2.77. The number of halogens is 1. The molecule has 3 rings (SSSR count). The summed E-state index contributed by atoms with van der Waals surface area (Å²) < 4.78 is 13.5. The zero-order valence-electron chi connectivity index (χ0n) is 15.3. The van der Waals surface area contributed by atoms with Gasteiger partial charge in [-0.15, -0.1) is 0 Å². The molecule has 1 N–H and O–H groups in total. The van der Waals surface area contributed by atoms with Crippen molar-refractivity contribution < 1.29 is 9.18 Å². The van der Waals surface area contributed by atoms with Crippen LogP contribution >= 0.6 is 0 Å². The number of nitrogens with one attached hydrogen (secondary N) is 1. The van der Waals surface area contributed by atoms with Gasteiger partial charge in [0.1, 0.15) is 11.6 Å². The molecular weight excluding hydrogens is 343 g/mol. The van der Waals surface area contributed by atoms with Gasteiger partial charge < -0.3 is 5.32 Å². The van der Waals surface area contributed by atoms with Gasteiger partial charge in [0, 0.05) is 18.3 Å². The topological polar surface area (TPSA) is 58.1 Å². The van der Waals surface area contributed by atoms with Crippen LogP contribution < -0.4 is 10.2 Å². The summed E-state index contributed by atoms with van der Waals surface area (Å²) in [6, 6.07) is 17.3. The molecule has 0 spiro atoms. The lowest BCUT2D eigenvalue weighted by molar-refractivity contribution is 0.0987. The van der Waals surface area contributed by atoms with Gasteiger partial charge in [0.05, 0.1) is 6.04 Å². The van der Waals surface area contributed by atoms with Crippen molar-refractivity contribution in [1.82, 2.24) is 9.97 Å². The first-order valence-electron chi connectivity index (χ1n) is 8.80. The smallest absolute Gasteiger partial charge is 0.259 e. The average molecular weight is 364 g/mol. The lowest BCUT2D eigenvalue weighted by Gasteiger charge is -2.21. The largest absolute Gasteiger partial charge is 0.348 e. The first-order chi connectivity index (χ1) is 13.1. The standard InChI is InChI=1S/C21H21FN4O/c1-3-26(20(27)17-10-7-11-18(22)14-17)19-12-13-23-21(25-19)24-15(2)16-8-5-4-6-9-16/h4-15H,3H2,1-2H3,(H,23,24,25)/t15-/m0/s1. The molecule has 27 heavy (non-hydrogen) atoms. The van der Waals surface area contributed by atoms with Crippen molar-refractivity contribution in [3.63, 3.8) is 0 Å². The molecule has 0 unspecified atom stereocenters. The number of carbonyl (C=O) groups excluding carboxylic acids is 1. The van der Waals surface area contributed by atoms with Gasteiger partial charge in [-0.2, -0.15) is 4.98 Å². The number of hydrogen-bond donors (Lipinski definition) is 1. The highest BCUT2D eigenvalue weighted by molar-refractivity contribution is 6.05. The Balaban J connectivity index is 1.81. The van der Waals surface area contributed by atoms with E-state index in [2.05, 4.69) is 15.3 Å². The zero-order valence-corrected chi connectivity index (χ0v) is 15.3. The van der Waals surface area contributed by atoms with Crippen molar-refractivity contribution in [1.29, 1.82) is 0 Å². The van der Waals surface area contributed by atoms with E-state index in [0.29, 0.717) is 18.3 Å². The lowest BCUT2D eigenvalue weighted by atomic mass is 10.1. The molecule has 0 aliphatic heterocycles. The van der Waals surface area contributed by atoms with Crippen LogP contribution in [0.2, 0.25) is 0 Å². The van der Waals surface area contributed by atoms with E-state index in [1.165, 1.54) is 23.1 Å². The number of rotatable bonds is 6. The van der Waals surface area contributed by atoms with Crippen molar-refractivity contribution in [3.8, 4) is 0 Å². The van der Waals surface area contributed by atoms with E-state index in [1.54, 1.807) is 18.3 Å². The van der Waals surface area contributed by atoms with Crippen molar-refractivity contribution in [2.24, 2.45) is 0 Å². The molecule has 0 bridgehead atoms. The Labute approximate surface area is 157 Å². The maximum Gasteiger partial charge on any atom is 0.259 e. The molecule has 3 aromatic rings. The van der Waals surface area contributed by atoms with Gasteiger partial charge in [-0.3, -0.25) is 9.69 Å². The van der Waals surface area contributed by atoms with Crippen LogP contribution in [0, 0.1) is 5.82 Å². The van der Waals surface area contributed by atoms with Crippen LogP contribution in [0.3, 0.4) is 0 Å². The quantitative estimate of drug-likeness (QED) is 0.702. The normalized spacial score (nSPS) is 11.7. The summed E-state index contributed by atoms with van der Waals surface area (Å²) in [5.74, 6) is 0.134. The summed E-state index contributed by atoms with van der Waals surface area (Å²) in [5, 5.41) is 3.25. The molecule has 0 fully saturated rings. The van der Waals surface area contributed by atoms with E-state index in [4.69, 9.17) is 0 Å². The molecule has 0 aliphatic rings. The van der Waals surface area contributed by atoms with E-state index in [0.717, 1.165) is 5.56 Å². The van der Waals surface area contributed by atoms with Crippen LogP contribution in [0.5, 0.6) is 0 Å². The maximum absolute atomic E-state index is 13.5. The minimum absolute atomic E-state index is 0.00967. The van der Waals surface area contributed by atoms with Gasteiger partial charge in [-0.1, -0.05) is 36.4 Å². The van der Waals surface area contributed by atoms with E-state index in [9.17, 15) is 9.18 Å². The highest BCUT2D eigenvalue weighted by Gasteiger charge is 2.18. The first-order valence-corrected chi connectivity index (χ1v) is 8.80. The minimum Gasteiger partial charge on any atom is -0.348 e. The highest BCUT2D eigenvalue weighted by Crippen LogP contribution is 2.20. The van der Waals surface area contributed by atoms with Gasteiger partial charge in [-0.25, -0.2) is 9.37 Å². The van der Waals surface area contributed by atoms with Gasteiger partial charge in [-0.05, 0) is 43.7 Å². The van der Waals surface area contributed by atoms with E-state index in [1.807, 2.05) is 44.2 Å². The number of benzene rings is 2. The number of anilines is 2. The van der Waals surface area contributed by atoms with E-state index in [-0.39, 0.29) is 17.5 Å². The summed E-state index contributed by atoms with van der Waals surface area (Å²) in [6.07, 6.45) is 1.60. The lowest BCUT2D eigenvalue weighted by Crippen LogP contribution is -2.31. The molecular formula is C21H21FN4O. The molecule has 1 atom stereocenters. The third-order valence-corrected chi connectivity index (χ3v) is 4.20. The second-order valence-corrected chi connectivity index (χ2v) is 6.07. The Morgan fingerprint density at radius 2 is 1.93 bits per heavy atom. The maximum atomic E-state index is 13.5. The summed E-state index contributed by atoms with van der Waals surface area (Å²) in [7, 11) is 0. The van der Waals surface area contributed by atoms with Gasteiger partial charge in [0.15, 0.2) is 0 Å². The Hall–Kier alpha value is -3.28. The summed E-state index contributed by atoms with van der Waals surface area (Å²) in [5.41, 5.74) is 1.39. The molecule has 5 nitrogen and oxygen atoms in total. The molecule has 6 heteroatoms. The Kier molecular flexibility index (Phi) is 5.76. The molecule has 0 saturated heterocycles. The fourth-order valence-electron chi connectivity index (χ4n) is 2.77. The van der Waals surface area contributed by atoms with Gasteiger partial charge in [0.25, 0.3) is 5.91 Å². The van der Waals surface area contributed by atoms with E-state index < -0.39 is 5.82 Å². The van der Waals surface area contributed by atoms with Gasteiger partial charge in [0.2, 0.25) is 5.95 Å². The van der Waals surface area contributed by atoms with Crippen LogP contribution in [0.4, 0.5) is 16.2 Å². The molecule has 1 amide bonds. The average Bonchev–Trinajstić information content (AvgIpc) is 2.69. The molecule has 2 aromatic carbocycles. The van der Waals surface area contributed by atoms with Crippen LogP contribution in [0.15, 0.2) is 66.9 Å². The molecule has 138 valence electrons. The van der Waals surface area contributed by atoms with Crippen LogP contribution in [-0.2, 0) is 0 Å². The molecule has 0 radical (unpaired) electrons. The third-order valence-electron chi connectivity index (χ3n) is 4.20. The molecule has 1 heterocycles. The van der Waals surface area contributed by atoms with Crippen LogP contribution in [0.25, 0.3) is 0 Å². The summed E-state index contributed by atoms with van der Waals surface area (Å²) in [4.78, 5) is 23.0. The summed E-state index contributed by atoms with van der Waals surface area (Å²) >= 11 is 0. The van der Waals surface area contributed by atoms with Crippen LogP contribution in [-0.4, -0.2) is 22.4 Å². The predicted molar refractivity (Wildman–Crippen MR) is 104 cm³/mol. The van der Waals surface area contributed by atoms with Crippen molar-refractivity contribution >= 4 is 17.7 Å². The van der Waals surface area contributed by atoms with E-state index >= 15 is 0 Å². The first kappa shape index (κ1) is 18.5. The van der Waals surface area contributed by atoms with Crippen LogP contribution in [0.1, 0.15) is 35.8 Å². The molecule has 1 aromatic heterocycles. The molecule has 0 saturated carbocycles. The number of carbonyl (C=O) groups is 1. The van der Waals surface area contributed by atoms with Crippen molar-refractivity contribution in [2.75, 3.05) is 16.8 Å². The molecule has 0 aliphatic carbocycles. The number of aromatic nitrogens is 2.